The van der Waals surface area contributed by atoms with E-state index < -0.39 is 0 Å². The van der Waals surface area contributed by atoms with Gasteiger partial charge in [-0.25, -0.2) is 9.97 Å². The van der Waals surface area contributed by atoms with Crippen molar-refractivity contribution in [3.63, 3.8) is 0 Å². The van der Waals surface area contributed by atoms with Crippen LogP contribution in [0.15, 0.2) is 30.3 Å². The minimum atomic E-state index is 0.772. The van der Waals surface area contributed by atoms with Gasteiger partial charge in [0.2, 0.25) is 0 Å². The molecule has 0 spiro atoms. The molecule has 2 aromatic rings. The number of aromatic nitrogens is 2. The van der Waals surface area contributed by atoms with Crippen LogP contribution in [0.1, 0.15) is 18.3 Å². The molecule has 1 N–H and O–H groups in total. The third-order valence-electron chi connectivity index (χ3n) is 3.08. The highest BCUT2D eigenvalue weighted by atomic mass is 15.2. The van der Waals surface area contributed by atoms with E-state index in [2.05, 4.69) is 58.3 Å². The first-order chi connectivity index (χ1) is 9.15. The summed E-state index contributed by atoms with van der Waals surface area (Å²) in [6.45, 7) is 7.02. The molecule has 0 aliphatic carbocycles. The number of benzene rings is 1. The summed E-state index contributed by atoms with van der Waals surface area (Å²) < 4.78 is 0. The quantitative estimate of drug-likeness (QED) is 0.911. The molecule has 1 heterocycles. The van der Waals surface area contributed by atoms with Crippen molar-refractivity contribution in [2.75, 3.05) is 23.8 Å². The molecule has 0 unspecified atom stereocenters. The zero-order valence-corrected chi connectivity index (χ0v) is 11.9. The van der Waals surface area contributed by atoms with Gasteiger partial charge in [-0.2, -0.15) is 0 Å². The fourth-order valence-electron chi connectivity index (χ4n) is 2.14. The topological polar surface area (TPSA) is 41.0 Å². The Morgan fingerprint density at radius 3 is 2.53 bits per heavy atom. The van der Waals surface area contributed by atoms with Gasteiger partial charge in [-0.1, -0.05) is 18.2 Å². The Bertz CT molecular complexity index is 566. The van der Waals surface area contributed by atoms with Crippen molar-refractivity contribution < 1.29 is 0 Å². The van der Waals surface area contributed by atoms with E-state index in [1.165, 1.54) is 11.3 Å². The van der Waals surface area contributed by atoms with Crippen LogP contribution in [0.2, 0.25) is 0 Å². The molecule has 19 heavy (non-hydrogen) atoms. The number of nitrogens with zero attached hydrogens (tertiary/aromatic N) is 3. The second-order valence-corrected chi connectivity index (χ2v) is 4.44. The first kappa shape index (κ1) is 13.3. The van der Waals surface area contributed by atoms with Gasteiger partial charge in [0.1, 0.15) is 17.5 Å². The van der Waals surface area contributed by atoms with Gasteiger partial charge in [-0.3, -0.25) is 0 Å². The van der Waals surface area contributed by atoms with Crippen LogP contribution in [-0.4, -0.2) is 23.6 Å². The minimum absolute atomic E-state index is 0.772. The van der Waals surface area contributed by atoms with E-state index >= 15 is 0 Å². The van der Waals surface area contributed by atoms with Crippen molar-refractivity contribution in [2.24, 2.45) is 0 Å². The number of nitrogens with one attached hydrogen (secondary N) is 1. The second-order valence-electron chi connectivity index (χ2n) is 4.44. The Morgan fingerprint density at radius 2 is 1.89 bits per heavy atom. The maximum Gasteiger partial charge on any atom is 0.138 e. The van der Waals surface area contributed by atoms with Crippen molar-refractivity contribution in [1.29, 1.82) is 0 Å². The molecule has 0 fully saturated rings. The summed E-state index contributed by atoms with van der Waals surface area (Å²) >= 11 is 0. The monoisotopic (exact) mass is 256 g/mol. The Kier molecular flexibility index (Phi) is 4.00. The van der Waals surface area contributed by atoms with Gasteiger partial charge in [0.15, 0.2) is 0 Å². The summed E-state index contributed by atoms with van der Waals surface area (Å²) in [4.78, 5) is 11.1. The van der Waals surface area contributed by atoms with Crippen molar-refractivity contribution in [2.45, 2.75) is 20.8 Å². The van der Waals surface area contributed by atoms with E-state index in [4.69, 9.17) is 0 Å². The Balaban J connectivity index is 2.48. The fourth-order valence-corrected chi connectivity index (χ4v) is 2.14. The predicted molar refractivity (Wildman–Crippen MR) is 80.2 cm³/mol. The third-order valence-corrected chi connectivity index (χ3v) is 3.08. The summed E-state index contributed by atoms with van der Waals surface area (Å²) in [5.41, 5.74) is 2.43. The van der Waals surface area contributed by atoms with Gasteiger partial charge in [0.25, 0.3) is 0 Å². The third kappa shape index (κ3) is 2.84. The van der Waals surface area contributed by atoms with Crippen LogP contribution in [0.3, 0.4) is 0 Å². The standard InChI is InChI=1S/C15H20N4/c1-5-19(13-9-7-6-8-11(13)2)15-10-14(16-4)17-12(3)18-15/h6-10H,5H2,1-4H3,(H,16,17,18). The Hall–Kier alpha value is -2.10. The highest BCUT2D eigenvalue weighted by Crippen LogP contribution is 2.27. The van der Waals surface area contributed by atoms with Gasteiger partial charge in [0, 0.05) is 25.3 Å². The second kappa shape index (κ2) is 5.69. The molecule has 2 rings (SSSR count). The van der Waals surface area contributed by atoms with Crippen LogP contribution in [0.25, 0.3) is 0 Å². The molecule has 1 aromatic heterocycles. The summed E-state index contributed by atoms with van der Waals surface area (Å²) in [6.07, 6.45) is 0. The lowest BCUT2D eigenvalue weighted by molar-refractivity contribution is 0.948. The normalized spacial score (nSPS) is 10.3. The molecule has 1 aromatic carbocycles. The first-order valence-corrected chi connectivity index (χ1v) is 6.52. The molecular formula is C15H20N4. The molecule has 0 aliphatic rings. The number of aryl methyl sites for hydroxylation is 2. The first-order valence-electron chi connectivity index (χ1n) is 6.52. The van der Waals surface area contributed by atoms with Crippen molar-refractivity contribution in [3.05, 3.63) is 41.7 Å². The maximum atomic E-state index is 4.55. The van der Waals surface area contributed by atoms with Crippen LogP contribution < -0.4 is 10.2 Å². The van der Waals surface area contributed by atoms with E-state index in [1.54, 1.807) is 0 Å². The Labute approximate surface area is 114 Å². The number of anilines is 3. The van der Waals surface area contributed by atoms with Gasteiger partial charge in [-0.05, 0) is 32.4 Å². The molecule has 0 saturated heterocycles. The molecule has 0 atom stereocenters. The maximum absolute atomic E-state index is 4.55. The Morgan fingerprint density at radius 1 is 1.16 bits per heavy atom. The smallest absolute Gasteiger partial charge is 0.138 e. The van der Waals surface area contributed by atoms with Crippen LogP contribution in [0.4, 0.5) is 17.3 Å². The molecule has 100 valence electrons. The van der Waals surface area contributed by atoms with E-state index in [-0.39, 0.29) is 0 Å². The molecule has 0 aliphatic heterocycles. The van der Waals surface area contributed by atoms with Crippen molar-refractivity contribution in [3.8, 4) is 0 Å². The van der Waals surface area contributed by atoms with Gasteiger partial charge in [0.05, 0.1) is 0 Å². The van der Waals surface area contributed by atoms with Crippen molar-refractivity contribution >= 4 is 17.3 Å². The van der Waals surface area contributed by atoms with Crippen LogP contribution in [0.5, 0.6) is 0 Å². The highest BCUT2D eigenvalue weighted by Gasteiger charge is 2.12. The van der Waals surface area contributed by atoms with Crippen molar-refractivity contribution in [1.82, 2.24) is 9.97 Å². The molecule has 0 bridgehead atoms. The summed E-state index contributed by atoms with van der Waals surface area (Å²) in [5, 5.41) is 3.08. The van der Waals surface area contributed by atoms with Gasteiger partial charge >= 0.3 is 0 Å². The largest absolute Gasteiger partial charge is 0.373 e. The molecule has 0 radical (unpaired) electrons. The van der Waals surface area contributed by atoms with Crippen LogP contribution in [-0.2, 0) is 0 Å². The molecule has 4 heteroatoms. The lowest BCUT2D eigenvalue weighted by atomic mass is 10.2. The predicted octanol–water partition coefficient (Wildman–Crippen LogP) is 3.29. The molecule has 0 amide bonds. The molecule has 0 saturated carbocycles. The van der Waals surface area contributed by atoms with Crippen LogP contribution >= 0.6 is 0 Å². The van der Waals surface area contributed by atoms with E-state index in [0.717, 1.165) is 24.0 Å². The summed E-state index contributed by atoms with van der Waals surface area (Å²) in [7, 11) is 1.87. The van der Waals surface area contributed by atoms with Gasteiger partial charge < -0.3 is 10.2 Å². The lowest BCUT2D eigenvalue weighted by Crippen LogP contribution is -2.19. The number of para-hydroxylation sites is 1. The summed E-state index contributed by atoms with van der Waals surface area (Å²) in [6, 6.07) is 10.3. The van der Waals surface area contributed by atoms with Crippen LogP contribution in [0, 0.1) is 13.8 Å². The minimum Gasteiger partial charge on any atom is -0.373 e. The highest BCUT2D eigenvalue weighted by molar-refractivity contribution is 5.65. The van der Waals surface area contributed by atoms with Gasteiger partial charge in [-0.15, -0.1) is 0 Å². The SMILES string of the molecule is CCN(c1cc(NC)nc(C)n1)c1ccccc1C. The number of hydrogen-bond acceptors (Lipinski definition) is 4. The van der Waals surface area contributed by atoms with E-state index in [1.807, 2.05) is 20.0 Å². The van der Waals surface area contributed by atoms with E-state index in [9.17, 15) is 0 Å². The molecular weight excluding hydrogens is 236 g/mol. The van der Waals surface area contributed by atoms with E-state index in [0.29, 0.717) is 0 Å². The summed E-state index contributed by atoms with van der Waals surface area (Å²) in [5.74, 6) is 2.54. The zero-order chi connectivity index (χ0) is 13.8. The average molecular weight is 256 g/mol. The molecule has 4 nitrogen and oxygen atoms in total. The zero-order valence-electron chi connectivity index (χ0n) is 11.9. The lowest BCUT2D eigenvalue weighted by Gasteiger charge is -2.24. The fraction of sp³-hybridized carbons (Fsp3) is 0.333. The number of rotatable bonds is 4. The average Bonchev–Trinajstić information content (AvgIpc) is 2.41. The number of hydrogen-bond donors (Lipinski definition) is 1.